The molecule has 0 aromatic carbocycles. The van der Waals surface area contributed by atoms with Crippen LogP contribution in [0.25, 0.3) is 0 Å². The lowest BCUT2D eigenvalue weighted by atomic mass is 9.88. The summed E-state index contributed by atoms with van der Waals surface area (Å²) in [6.45, 7) is 8.48. The highest BCUT2D eigenvalue weighted by Gasteiger charge is 2.42. The summed E-state index contributed by atoms with van der Waals surface area (Å²) in [5.74, 6) is 0.655. The van der Waals surface area contributed by atoms with E-state index in [1.54, 1.807) is 0 Å². The van der Waals surface area contributed by atoms with E-state index >= 15 is 0 Å². The van der Waals surface area contributed by atoms with Crippen molar-refractivity contribution in [3.8, 4) is 0 Å². The van der Waals surface area contributed by atoms with Crippen molar-refractivity contribution in [1.29, 1.82) is 0 Å². The van der Waals surface area contributed by atoms with Crippen LogP contribution in [0.5, 0.6) is 0 Å². The van der Waals surface area contributed by atoms with Crippen molar-refractivity contribution < 1.29 is 4.79 Å². The van der Waals surface area contributed by atoms with Gasteiger partial charge in [0.25, 0.3) is 5.91 Å². The van der Waals surface area contributed by atoms with Crippen molar-refractivity contribution in [2.45, 2.75) is 52.7 Å². The van der Waals surface area contributed by atoms with Crippen LogP contribution in [-0.4, -0.2) is 23.0 Å². The zero-order chi connectivity index (χ0) is 15.2. The quantitative estimate of drug-likeness (QED) is 0.838. The first-order chi connectivity index (χ1) is 9.88. The van der Waals surface area contributed by atoms with Crippen LogP contribution < -0.4 is 10.6 Å². The Kier molecular flexibility index (Phi) is 3.34. The number of fused-ring (bicyclic) bond motifs is 1. The highest BCUT2D eigenvalue weighted by Crippen LogP contribution is 2.40. The summed E-state index contributed by atoms with van der Waals surface area (Å²) in [7, 11) is 0. The first-order valence-electron chi connectivity index (χ1n) is 7.83. The maximum Gasteiger partial charge on any atom is 0.269 e. The van der Waals surface area contributed by atoms with Gasteiger partial charge in [0.2, 0.25) is 0 Å². The average Bonchev–Trinajstić information content (AvgIpc) is 3.18. The van der Waals surface area contributed by atoms with Gasteiger partial charge in [0.15, 0.2) is 0 Å². The number of amides is 1. The van der Waals surface area contributed by atoms with E-state index in [4.69, 9.17) is 0 Å². The molecule has 1 aliphatic carbocycles. The molecule has 4 nitrogen and oxygen atoms in total. The predicted molar refractivity (Wildman–Crippen MR) is 83.9 cm³/mol. The fourth-order valence-electron chi connectivity index (χ4n) is 2.63. The van der Waals surface area contributed by atoms with E-state index in [-0.39, 0.29) is 23.5 Å². The lowest BCUT2D eigenvalue weighted by Gasteiger charge is -2.28. The SMILES string of the molecule is CC(NC(=O)C1=C2C=CC=CN2C(C2CC2)N1)C(C)(C)C. The molecule has 0 aromatic heterocycles. The summed E-state index contributed by atoms with van der Waals surface area (Å²) in [5.41, 5.74) is 1.76. The van der Waals surface area contributed by atoms with Crippen LogP contribution in [-0.2, 0) is 4.79 Å². The molecule has 2 atom stereocenters. The van der Waals surface area contributed by atoms with Crippen LogP contribution >= 0.6 is 0 Å². The van der Waals surface area contributed by atoms with Crippen LogP contribution in [0, 0.1) is 11.3 Å². The zero-order valence-corrected chi connectivity index (χ0v) is 13.3. The highest BCUT2D eigenvalue weighted by molar-refractivity contribution is 5.95. The van der Waals surface area contributed by atoms with Crippen molar-refractivity contribution in [3.05, 3.63) is 35.8 Å². The number of hydrogen-bond donors (Lipinski definition) is 2. The molecule has 0 spiro atoms. The molecule has 2 N–H and O–H groups in total. The van der Waals surface area contributed by atoms with Crippen molar-refractivity contribution >= 4 is 5.91 Å². The minimum Gasteiger partial charge on any atom is -0.358 e. The highest BCUT2D eigenvalue weighted by atomic mass is 16.2. The molecule has 3 rings (SSSR count). The normalized spacial score (nSPS) is 25.7. The Morgan fingerprint density at radius 2 is 2.10 bits per heavy atom. The molecule has 2 unspecified atom stereocenters. The van der Waals surface area contributed by atoms with Crippen molar-refractivity contribution in [1.82, 2.24) is 15.5 Å². The summed E-state index contributed by atoms with van der Waals surface area (Å²) >= 11 is 0. The standard InChI is InChI=1S/C17H25N3O/c1-11(17(2,3)4)18-16(21)14-13-7-5-6-10-20(13)15(19-14)12-8-9-12/h5-7,10-12,15,19H,8-9H2,1-4H3,(H,18,21). The van der Waals surface area contributed by atoms with Crippen molar-refractivity contribution in [3.63, 3.8) is 0 Å². The molecule has 0 saturated heterocycles. The fourth-order valence-corrected chi connectivity index (χ4v) is 2.63. The summed E-state index contributed by atoms with van der Waals surface area (Å²) in [6, 6.07) is 0.122. The molecule has 1 saturated carbocycles. The molecule has 2 heterocycles. The second kappa shape index (κ2) is 4.93. The minimum absolute atomic E-state index is 0.000486. The third kappa shape index (κ3) is 2.71. The summed E-state index contributed by atoms with van der Waals surface area (Å²) < 4.78 is 0. The van der Waals surface area contributed by atoms with Gasteiger partial charge in [-0.15, -0.1) is 0 Å². The van der Waals surface area contributed by atoms with Crippen molar-refractivity contribution in [2.24, 2.45) is 11.3 Å². The molecule has 1 amide bonds. The van der Waals surface area contributed by atoms with Gasteiger partial charge in [0.05, 0.1) is 5.70 Å². The third-order valence-electron chi connectivity index (χ3n) is 4.68. The van der Waals surface area contributed by atoms with Gasteiger partial charge in [-0.3, -0.25) is 4.79 Å². The Labute approximate surface area is 127 Å². The van der Waals surface area contributed by atoms with E-state index in [2.05, 4.69) is 49.4 Å². The number of nitrogens with one attached hydrogen (secondary N) is 2. The van der Waals surface area contributed by atoms with Crippen LogP contribution in [0.2, 0.25) is 0 Å². The van der Waals surface area contributed by atoms with Gasteiger partial charge < -0.3 is 15.5 Å². The van der Waals surface area contributed by atoms with E-state index in [9.17, 15) is 4.79 Å². The van der Waals surface area contributed by atoms with Gasteiger partial charge in [-0.2, -0.15) is 0 Å². The van der Waals surface area contributed by atoms with E-state index in [0.29, 0.717) is 11.6 Å². The molecule has 0 aromatic rings. The van der Waals surface area contributed by atoms with Crippen LogP contribution in [0.4, 0.5) is 0 Å². The van der Waals surface area contributed by atoms with Gasteiger partial charge in [-0.25, -0.2) is 0 Å². The molecule has 1 fully saturated rings. The topological polar surface area (TPSA) is 44.4 Å². The first kappa shape index (κ1) is 14.2. The van der Waals surface area contributed by atoms with Gasteiger partial charge in [0, 0.05) is 12.2 Å². The fraction of sp³-hybridized carbons (Fsp3) is 0.588. The second-order valence-electron chi connectivity index (χ2n) is 7.36. The first-order valence-corrected chi connectivity index (χ1v) is 7.83. The van der Waals surface area contributed by atoms with Crippen LogP contribution in [0.15, 0.2) is 35.8 Å². The van der Waals surface area contributed by atoms with Gasteiger partial charge in [-0.1, -0.05) is 26.8 Å². The number of allylic oxidation sites excluding steroid dienone is 3. The Balaban J connectivity index is 1.78. The molecule has 2 aliphatic heterocycles. The Hall–Kier alpha value is -1.71. The Morgan fingerprint density at radius 3 is 2.71 bits per heavy atom. The van der Waals surface area contributed by atoms with Gasteiger partial charge in [-0.05, 0) is 43.3 Å². The van der Waals surface area contributed by atoms with Crippen LogP contribution in [0.1, 0.15) is 40.5 Å². The Morgan fingerprint density at radius 1 is 1.38 bits per heavy atom. The molecular formula is C17H25N3O. The maximum absolute atomic E-state index is 12.6. The molecular weight excluding hydrogens is 262 g/mol. The number of nitrogens with zero attached hydrogens (tertiary/aromatic N) is 1. The predicted octanol–water partition coefficient (Wildman–Crippen LogP) is 2.47. The molecule has 114 valence electrons. The number of rotatable bonds is 3. The third-order valence-corrected chi connectivity index (χ3v) is 4.68. The van der Waals surface area contributed by atoms with E-state index < -0.39 is 0 Å². The van der Waals surface area contributed by atoms with Gasteiger partial charge in [0.1, 0.15) is 11.9 Å². The monoisotopic (exact) mass is 287 g/mol. The smallest absolute Gasteiger partial charge is 0.269 e. The molecule has 4 heteroatoms. The lowest BCUT2D eigenvalue weighted by Crippen LogP contribution is -2.44. The number of hydrogen-bond acceptors (Lipinski definition) is 3. The second-order valence-corrected chi connectivity index (χ2v) is 7.36. The largest absolute Gasteiger partial charge is 0.358 e. The van der Waals surface area contributed by atoms with E-state index in [1.165, 1.54) is 12.8 Å². The minimum atomic E-state index is 0.000486. The number of carbonyl (C=O) groups excluding carboxylic acids is 1. The van der Waals surface area contributed by atoms with Crippen molar-refractivity contribution in [2.75, 3.05) is 0 Å². The zero-order valence-electron chi connectivity index (χ0n) is 13.3. The van der Waals surface area contributed by atoms with Crippen LogP contribution in [0.3, 0.4) is 0 Å². The summed E-state index contributed by atoms with van der Waals surface area (Å²) in [6.07, 6.45) is 10.8. The van der Waals surface area contributed by atoms with E-state index in [1.807, 2.05) is 18.2 Å². The average molecular weight is 287 g/mol. The summed E-state index contributed by atoms with van der Waals surface area (Å²) in [4.78, 5) is 14.8. The van der Waals surface area contributed by atoms with E-state index in [0.717, 1.165) is 5.70 Å². The van der Waals surface area contributed by atoms with Gasteiger partial charge >= 0.3 is 0 Å². The molecule has 21 heavy (non-hydrogen) atoms. The maximum atomic E-state index is 12.6. The molecule has 3 aliphatic rings. The molecule has 0 radical (unpaired) electrons. The Bertz CT molecular complexity index is 535. The number of carbonyl (C=O) groups is 1. The summed E-state index contributed by atoms with van der Waals surface area (Å²) in [5, 5.41) is 6.57. The lowest BCUT2D eigenvalue weighted by molar-refractivity contribution is -0.119. The molecule has 0 bridgehead atoms.